The number of benzene rings is 2. The maximum absolute atomic E-state index is 15.5. The van der Waals surface area contributed by atoms with Crippen LogP contribution in [-0.2, 0) is 12.1 Å². The van der Waals surface area contributed by atoms with Crippen LogP contribution in [0.3, 0.4) is 0 Å². The molecule has 0 aliphatic carbocycles. The van der Waals surface area contributed by atoms with Crippen molar-refractivity contribution >= 4 is 16.6 Å². The summed E-state index contributed by atoms with van der Waals surface area (Å²) in [6.45, 7) is 5.83. The fourth-order valence-electron chi connectivity index (χ4n) is 4.55. The Morgan fingerprint density at radius 2 is 1.94 bits per heavy atom. The van der Waals surface area contributed by atoms with Crippen LogP contribution in [0.25, 0.3) is 27.7 Å². The Balaban J connectivity index is 1.85. The third kappa shape index (κ3) is 2.81. The maximum Gasteiger partial charge on any atom is 0.162 e. The van der Waals surface area contributed by atoms with Gasteiger partial charge in [0.2, 0.25) is 0 Å². The number of anilines is 1. The van der Waals surface area contributed by atoms with Crippen molar-refractivity contribution < 1.29 is 18.6 Å². The fourth-order valence-corrected chi connectivity index (χ4v) is 4.55. The fraction of sp³-hybridized carbons (Fsp3) is 0.304. The highest BCUT2D eigenvalue weighted by molar-refractivity contribution is 5.99. The van der Waals surface area contributed by atoms with E-state index in [4.69, 9.17) is 4.74 Å². The summed E-state index contributed by atoms with van der Waals surface area (Å²) < 4.78 is 39.5. The average molecular weight is 439 g/mol. The topological polar surface area (TPSA) is 77.1 Å². The molecule has 0 unspecified atom stereocenters. The van der Waals surface area contributed by atoms with Crippen LogP contribution >= 0.6 is 0 Å². The highest BCUT2D eigenvalue weighted by atomic mass is 19.1. The van der Waals surface area contributed by atoms with Crippen molar-refractivity contribution in [1.29, 1.82) is 0 Å². The lowest BCUT2D eigenvalue weighted by molar-refractivity contribution is 0.278. The van der Waals surface area contributed by atoms with Gasteiger partial charge in [-0.05, 0) is 50.6 Å². The van der Waals surface area contributed by atoms with Gasteiger partial charge >= 0.3 is 0 Å². The van der Waals surface area contributed by atoms with Gasteiger partial charge in [-0.1, -0.05) is 0 Å². The number of rotatable bonds is 4. The molecule has 166 valence electrons. The molecule has 1 aliphatic rings. The molecule has 5 rings (SSSR count). The standard InChI is InChI=1S/C23H23F2N5O2/c1-12-27-28-22-23(2,3)26-19-17(25)11-16(21(32-4)20(19)30(12)22)15-9-13(24)10-18-14(15)5-6-29(18)7-8-31/h5-6,9-11,26,31H,7-8H2,1-4H3. The van der Waals surface area contributed by atoms with Gasteiger partial charge < -0.3 is 19.7 Å². The van der Waals surface area contributed by atoms with Gasteiger partial charge in [-0.2, -0.15) is 0 Å². The van der Waals surface area contributed by atoms with Crippen molar-refractivity contribution in [1.82, 2.24) is 19.3 Å². The molecule has 3 heterocycles. The van der Waals surface area contributed by atoms with Crippen LogP contribution in [0.4, 0.5) is 14.5 Å². The van der Waals surface area contributed by atoms with E-state index in [1.54, 1.807) is 22.3 Å². The number of nitrogens with one attached hydrogen (secondary N) is 1. The molecule has 0 fully saturated rings. The smallest absolute Gasteiger partial charge is 0.162 e. The van der Waals surface area contributed by atoms with E-state index in [1.165, 1.54) is 25.3 Å². The highest BCUT2D eigenvalue weighted by Gasteiger charge is 2.38. The molecule has 0 saturated carbocycles. The number of ether oxygens (including phenoxy) is 1. The Hall–Kier alpha value is -3.46. The van der Waals surface area contributed by atoms with Crippen molar-refractivity contribution in [3.63, 3.8) is 0 Å². The Morgan fingerprint density at radius 3 is 2.66 bits per heavy atom. The lowest BCUT2D eigenvalue weighted by Crippen LogP contribution is -2.36. The summed E-state index contributed by atoms with van der Waals surface area (Å²) in [7, 11) is 1.50. The molecular formula is C23H23F2N5O2. The van der Waals surface area contributed by atoms with Gasteiger partial charge in [-0.25, -0.2) is 8.78 Å². The van der Waals surface area contributed by atoms with Crippen LogP contribution in [-0.4, -0.2) is 38.2 Å². The first-order valence-electron chi connectivity index (χ1n) is 10.3. The minimum atomic E-state index is -0.657. The molecule has 0 atom stereocenters. The first-order valence-corrected chi connectivity index (χ1v) is 10.3. The van der Waals surface area contributed by atoms with Crippen molar-refractivity contribution in [3.05, 3.63) is 53.7 Å². The number of hydrogen-bond donors (Lipinski definition) is 2. The number of hydrogen-bond acceptors (Lipinski definition) is 5. The zero-order valence-electron chi connectivity index (χ0n) is 18.2. The molecule has 4 aromatic rings. The normalized spacial score (nSPS) is 14.2. The van der Waals surface area contributed by atoms with Crippen molar-refractivity contribution in [2.75, 3.05) is 19.0 Å². The first-order chi connectivity index (χ1) is 15.3. The summed E-state index contributed by atoms with van der Waals surface area (Å²) in [4.78, 5) is 0. The van der Waals surface area contributed by atoms with Gasteiger partial charge in [-0.15, -0.1) is 10.2 Å². The summed E-state index contributed by atoms with van der Waals surface area (Å²) in [6.07, 6.45) is 1.77. The second-order valence-corrected chi connectivity index (χ2v) is 8.44. The summed E-state index contributed by atoms with van der Waals surface area (Å²) >= 11 is 0. The van der Waals surface area contributed by atoms with E-state index in [9.17, 15) is 9.50 Å². The third-order valence-corrected chi connectivity index (χ3v) is 5.94. The number of methoxy groups -OCH3 is 1. The number of aryl methyl sites for hydroxylation is 1. The number of halogens is 2. The molecule has 0 saturated heterocycles. The average Bonchev–Trinajstić information content (AvgIpc) is 3.33. The van der Waals surface area contributed by atoms with Crippen molar-refractivity contribution in [2.45, 2.75) is 32.9 Å². The van der Waals surface area contributed by atoms with Crippen molar-refractivity contribution in [2.24, 2.45) is 0 Å². The molecule has 1 aliphatic heterocycles. The van der Waals surface area contributed by atoms with E-state index in [-0.39, 0.29) is 12.3 Å². The largest absolute Gasteiger partial charge is 0.494 e. The molecule has 2 aromatic heterocycles. The predicted octanol–water partition coefficient (Wildman–Crippen LogP) is 4.14. The van der Waals surface area contributed by atoms with Gasteiger partial charge in [0.15, 0.2) is 11.6 Å². The summed E-state index contributed by atoms with van der Waals surface area (Å²) in [5.74, 6) is 0.635. The Labute approximate surface area is 183 Å². The Morgan fingerprint density at radius 1 is 1.16 bits per heavy atom. The predicted molar refractivity (Wildman–Crippen MR) is 117 cm³/mol. The lowest BCUT2D eigenvalue weighted by Gasteiger charge is -2.35. The maximum atomic E-state index is 15.5. The van der Waals surface area contributed by atoms with Gasteiger partial charge in [-0.3, -0.25) is 4.57 Å². The second kappa shape index (κ2) is 7.03. The Kier molecular flexibility index (Phi) is 4.49. The molecule has 0 bridgehead atoms. The zero-order chi connectivity index (χ0) is 22.8. The molecule has 7 nitrogen and oxygen atoms in total. The van der Waals surface area contributed by atoms with E-state index in [0.29, 0.717) is 46.3 Å². The van der Waals surface area contributed by atoms with E-state index in [0.717, 1.165) is 5.39 Å². The van der Waals surface area contributed by atoms with E-state index in [1.807, 2.05) is 19.9 Å². The van der Waals surface area contributed by atoms with E-state index < -0.39 is 17.2 Å². The van der Waals surface area contributed by atoms with Gasteiger partial charge in [0.05, 0.1) is 30.5 Å². The van der Waals surface area contributed by atoms with Crippen molar-refractivity contribution in [3.8, 4) is 22.6 Å². The third-order valence-electron chi connectivity index (χ3n) is 5.94. The molecule has 2 N–H and O–H groups in total. The molecule has 32 heavy (non-hydrogen) atoms. The number of fused-ring (bicyclic) bond motifs is 4. The summed E-state index contributed by atoms with van der Waals surface area (Å²) in [5, 5.41) is 21.8. The SMILES string of the molecule is COc1c(-c2cc(F)cc3c2ccn3CCO)cc(F)c2c1-n1c(C)nnc1C(C)(C)N2. The summed E-state index contributed by atoms with van der Waals surface area (Å²) in [5.41, 5.74) is 1.58. The zero-order valence-corrected chi connectivity index (χ0v) is 18.2. The number of aliphatic hydroxyl groups is 1. The van der Waals surface area contributed by atoms with E-state index >= 15 is 4.39 Å². The number of nitrogens with zero attached hydrogens (tertiary/aromatic N) is 4. The second-order valence-electron chi connectivity index (χ2n) is 8.44. The van der Waals surface area contributed by atoms with Gasteiger partial charge in [0.1, 0.15) is 23.1 Å². The highest BCUT2D eigenvalue weighted by Crippen LogP contribution is 2.48. The van der Waals surface area contributed by atoms with E-state index in [2.05, 4.69) is 15.5 Å². The quantitative estimate of drug-likeness (QED) is 0.500. The van der Waals surface area contributed by atoms with Crippen LogP contribution in [0.2, 0.25) is 0 Å². The molecular weight excluding hydrogens is 416 g/mol. The Bertz CT molecular complexity index is 1370. The van der Waals surface area contributed by atoms with Gasteiger partial charge in [0, 0.05) is 23.7 Å². The van der Waals surface area contributed by atoms with Crippen LogP contribution < -0.4 is 10.1 Å². The minimum absolute atomic E-state index is 0.0798. The molecule has 0 radical (unpaired) electrons. The first kappa shape index (κ1) is 20.4. The summed E-state index contributed by atoms with van der Waals surface area (Å²) in [6, 6.07) is 5.97. The van der Waals surface area contributed by atoms with Crippen LogP contribution in [0.1, 0.15) is 25.5 Å². The van der Waals surface area contributed by atoms with Crippen LogP contribution in [0.5, 0.6) is 5.75 Å². The molecule has 0 amide bonds. The number of aromatic nitrogens is 4. The minimum Gasteiger partial charge on any atom is -0.494 e. The van der Waals surface area contributed by atoms with Crippen LogP contribution in [0.15, 0.2) is 30.5 Å². The monoisotopic (exact) mass is 439 g/mol. The number of aliphatic hydroxyl groups excluding tert-OH is 1. The molecule has 2 aromatic carbocycles. The van der Waals surface area contributed by atoms with Gasteiger partial charge in [0.25, 0.3) is 0 Å². The molecule has 9 heteroatoms. The van der Waals surface area contributed by atoms with Crippen LogP contribution in [0, 0.1) is 18.6 Å². The molecule has 0 spiro atoms. The lowest BCUT2D eigenvalue weighted by atomic mass is 9.95.